The zero-order valence-electron chi connectivity index (χ0n) is 15.7. The van der Waals surface area contributed by atoms with Crippen molar-refractivity contribution in [2.75, 3.05) is 13.7 Å². The second-order valence-corrected chi connectivity index (χ2v) is 6.61. The van der Waals surface area contributed by atoms with Crippen molar-refractivity contribution in [1.29, 1.82) is 0 Å². The molecule has 0 heterocycles. The second kappa shape index (κ2) is 12.0. The number of ether oxygens (including phenoxy) is 1. The van der Waals surface area contributed by atoms with Crippen LogP contribution in [0.2, 0.25) is 0 Å². The quantitative estimate of drug-likeness (QED) is 0.322. The van der Waals surface area contributed by atoms with Crippen LogP contribution in [0.25, 0.3) is 0 Å². The van der Waals surface area contributed by atoms with Crippen molar-refractivity contribution >= 4 is 35.8 Å². The van der Waals surface area contributed by atoms with Gasteiger partial charge < -0.3 is 21.1 Å². The molecule has 0 spiro atoms. The van der Waals surface area contributed by atoms with E-state index in [1.165, 1.54) is 32.1 Å². The van der Waals surface area contributed by atoms with Crippen molar-refractivity contribution in [2.24, 2.45) is 16.6 Å². The van der Waals surface area contributed by atoms with Gasteiger partial charge in [-0.2, -0.15) is 0 Å². The first-order chi connectivity index (χ1) is 12.1. The molecular formula is C19H31IN4O2. The summed E-state index contributed by atoms with van der Waals surface area (Å²) in [7, 11) is 1.79. The van der Waals surface area contributed by atoms with Crippen LogP contribution in [0.15, 0.2) is 29.3 Å². The fraction of sp³-hybridized carbons (Fsp3) is 0.579. The van der Waals surface area contributed by atoms with Crippen LogP contribution in [0.3, 0.4) is 0 Å². The summed E-state index contributed by atoms with van der Waals surface area (Å²) >= 11 is 0. The molecule has 1 aliphatic rings. The van der Waals surface area contributed by atoms with Gasteiger partial charge in [-0.1, -0.05) is 38.3 Å². The smallest absolute Gasteiger partial charge is 0.255 e. The highest BCUT2D eigenvalue weighted by Crippen LogP contribution is 2.26. The van der Waals surface area contributed by atoms with E-state index in [2.05, 4.69) is 22.5 Å². The number of hydrogen-bond donors (Lipinski definition) is 3. The first kappa shape index (κ1) is 22.5. The third-order valence-electron chi connectivity index (χ3n) is 4.66. The van der Waals surface area contributed by atoms with Crippen LogP contribution < -0.4 is 21.1 Å². The van der Waals surface area contributed by atoms with E-state index >= 15 is 0 Å². The molecular weight excluding hydrogens is 443 g/mol. The van der Waals surface area contributed by atoms with Crippen molar-refractivity contribution in [2.45, 2.75) is 51.6 Å². The minimum absolute atomic E-state index is 0. The lowest BCUT2D eigenvalue weighted by atomic mass is 9.84. The van der Waals surface area contributed by atoms with Crippen LogP contribution in [0, 0.1) is 5.92 Å². The first-order valence-corrected chi connectivity index (χ1v) is 9.08. The summed E-state index contributed by atoms with van der Waals surface area (Å²) in [5.41, 5.74) is 6.16. The van der Waals surface area contributed by atoms with Crippen molar-refractivity contribution < 1.29 is 9.53 Å². The Kier molecular flexibility index (Phi) is 10.4. The summed E-state index contributed by atoms with van der Waals surface area (Å²) in [6.07, 6.45) is 6.30. The number of nitrogens with one attached hydrogen (secondary N) is 2. The van der Waals surface area contributed by atoms with Crippen LogP contribution in [0.1, 0.15) is 44.6 Å². The lowest BCUT2D eigenvalue weighted by molar-refractivity contribution is -0.119. The number of primary amides is 1. The predicted molar refractivity (Wildman–Crippen MR) is 116 cm³/mol. The second-order valence-electron chi connectivity index (χ2n) is 6.61. The highest BCUT2D eigenvalue weighted by atomic mass is 127. The number of guanidine groups is 1. The maximum atomic E-state index is 10.8. The van der Waals surface area contributed by atoms with Gasteiger partial charge in [0.1, 0.15) is 5.75 Å². The molecule has 2 atom stereocenters. The minimum atomic E-state index is -0.481. The molecule has 1 aliphatic carbocycles. The lowest BCUT2D eigenvalue weighted by Gasteiger charge is -2.30. The zero-order valence-corrected chi connectivity index (χ0v) is 18.0. The van der Waals surface area contributed by atoms with Gasteiger partial charge in [-0.15, -0.1) is 24.0 Å². The molecule has 1 saturated carbocycles. The van der Waals surface area contributed by atoms with Gasteiger partial charge in [0.15, 0.2) is 12.6 Å². The van der Waals surface area contributed by atoms with E-state index in [1.54, 1.807) is 7.05 Å². The van der Waals surface area contributed by atoms with E-state index in [9.17, 15) is 4.79 Å². The number of hydrogen-bond acceptors (Lipinski definition) is 3. The van der Waals surface area contributed by atoms with Gasteiger partial charge in [0.2, 0.25) is 0 Å². The highest BCUT2D eigenvalue weighted by molar-refractivity contribution is 14.0. The van der Waals surface area contributed by atoms with E-state index in [1.807, 2.05) is 24.3 Å². The van der Waals surface area contributed by atoms with Crippen molar-refractivity contribution in [3.63, 3.8) is 0 Å². The maximum Gasteiger partial charge on any atom is 0.255 e. The average molecular weight is 474 g/mol. The third-order valence-corrected chi connectivity index (χ3v) is 4.66. The molecule has 1 aromatic rings. The Hall–Kier alpha value is -1.51. The number of nitrogens with two attached hydrogens (primary N) is 1. The number of aliphatic imine (C=N–C) groups is 1. The van der Waals surface area contributed by atoms with Gasteiger partial charge in [0.05, 0.1) is 0 Å². The monoisotopic (exact) mass is 474 g/mol. The molecule has 0 bridgehead atoms. The van der Waals surface area contributed by atoms with Gasteiger partial charge in [-0.25, -0.2) is 0 Å². The van der Waals surface area contributed by atoms with Crippen molar-refractivity contribution in [1.82, 2.24) is 10.6 Å². The van der Waals surface area contributed by atoms with E-state index < -0.39 is 5.91 Å². The maximum absolute atomic E-state index is 10.8. The third kappa shape index (κ3) is 7.80. The number of nitrogens with zero attached hydrogens (tertiary/aromatic N) is 1. The molecule has 2 rings (SSSR count). The Morgan fingerprint density at radius 2 is 2.19 bits per heavy atom. The molecule has 1 fully saturated rings. The van der Waals surface area contributed by atoms with Gasteiger partial charge in [0, 0.05) is 19.6 Å². The Bertz CT molecular complexity index is 595. The van der Waals surface area contributed by atoms with E-state index in [0.29, 0.717) is 18.3 Å². The number of halogens is 1. The molecule has 0 saturated heterocycles. The number of rotatable bonds is 7. The summed E-state index contributed by atoms with van der Waals surface area (Å²) in [4.78, 5) is 15.1. The number of benzene rings is 1. The first-order valence-electron chi connectivity index (χ1n) is 9.08. The Morgan fingerprint density at radius 1 is 1.38 bits per heavy atom. The van der Waals surface area contributed by atoms with Crippen LogP contribution in [0.5, 0.6) is 5.75 Å². The van der Waals surface area contributed by atoms with Gasteiger partial charge in [-0.05, 0) is 36.5 Å². The van der Waals surface area contributed by atoms with Crippen molar-refractivity contribution in [3.8, 4) is 5.75 Å². The Morgan fingerprint density at radius 3 is 2.88 bits per heavy atom. The molecule has 26 heavy (non-hydrogen) atoms. The van der Waals surface area contributed by atoms with Crippen LogP contribution in [0.4, 0.5) is 0 Å². The van der Waals surface area contributed by atoms with E-state index in [-0.39, 0.29) is 30.6 Å². The molecule has 146 valence electrons. The molecule has 7 heteroatoms. The van der Waals surface area contributed by atoms with Crippen LogP contribution in [-0.2, 0) is 11.3 Å². The van der Waals surface area contributed by atoms with Crippen molar-refractivity contribution in [3.05, 3.63) is 29.8 Å². The van der Waals surface area contributed by atoms with Gasteiger partial charge in [-0.3, -0.25) is 9.79 Å². The number of carbonyl (C=O) groups excluding carboxylic acids is 1. The van der Waals surface area contributed by atoms with Crippen LogP contribution in [-0.4, -0.2) is 31.6 Å². The summed E-state index contributed by atoms with van der Waals surface area (Å²) in [6, 6.07) is 8.11. The molecule has 0 radical (unpaired) electrons. The minimum Gasteiger partial charge on any atom is -0.484 e. The normalized spacial score (nSPS) is 20.0. The summed E-state index contributed by atoms with van der Waals surface area (Å²) in [5.74, 6) is 1.80. The highest BCUT2D eigenvalue weighted by Gasteiger charge is 2.21. The molecule has 0 aromatic heterocycles. The molecule has 0 aliphatic heterocycles. The topological polar surface area (TPSA) is 88.7 Å². The Labute approximate surface area is 173 Å². The average Bonchev–Trinajstić information content (AvgIpc) is 2.64. The number of carbonyl (C=O) groups is 1. The molecule has 2 unspecified atom stereocenters. The standard InChI is InChI=1S/C19H30N4O2.HI/c1-3-14-6-4-8-16(10-14)23-19(21-2)22-12-15-7-5-9-17(11-15)25-13-18(20)24;/h5,7,9,11,14,16H,3-4,6,8,10,12-13H2,1-2H3,(H2,20,24)(H2,21,22,23);1H. The molecule has 1 aromatic carbocycles. The fourth-order valence-corrected chi connectivity index (χ4v) is 3.27. The number of amides is 1. The predicted octanol–water partition coefficient (Wildman–Crippen LogP) is 2.80. The SMILES string of the molecule is CCC1CCCC(NC(=NC)NCc2cccc(OCC(N)=O)c2)C1.I. The molecule has 6 nitrogen and oxygen atoms in total. The largest absolute Gasteiger partial charge is 0.484 e. The zero-order chi connectivity index (χ0) is 18.1. The summed E-state index contributed by atoms with van der Waals surface area (Å²) < 4.78 is 5.34. The van der Waals surface area contributed by atoms with E-state index in [4.69, 9.17) is 10.5 Å². The Balaban J connectivity index is 0.00000338. The van der Waals surface area contributed by atoms with Gasteiger partial charge in [0.25, 0.3) is 5.91 Å². The summed E-state index contributed by atoms with van der Waals surface area (Å²) in [6.45, 7) is 2.80. The van der Waals surface area contributed by atoms with Crippen LogP contribution >= 0.6 is 24.0 Å². The summed E-state index contributed by atoms with van der Waals surface area (Å²) in [5, 5.41) is 6.89. The molecule has 1 amide bonds. The van der Waals surface area contributed by atoms with E-state index in [0.717, 1.165) is 17.4 Å². The lowest BCUT2D eigenvalue weighted by Crippen LogP contribution is -2.45. The fourth-order valence-electron chi connectivity index (χ4n) is 3.27. The molecule has 4 N–H and O–H groups in total. The van der Waals surface area contributed by atoms with Gasteiger partial charge >= 0.3 is 0 Å².